The molecule has 0 saturated carbocycles. The smallest absolute Gasteiger partial charge is 0.312 e. The molecule has 0 amide bonds. The molecule has 0 aliphatic heterocycles. The number of carbonyl (C=O) groups is 1. The molecule has 0 heterocycles. The van der Waals surface area contributed by atoms with Gasteiger partial charge in [-0.05, 0) is 0 Å². The van der Waals surface area contributed by atoms with Gasteiger partial charge in [-0.1, -0.05) is 0 Å². The van der Waals surface area contributed by atoms with Gasteiger partial charge in [0.05, 0.1) is 0 Å². The molecule has 3 nitrogen and oxygen atoms in total. The van der Waals surface area contributed by atoms with E-state index in [0.717, 1.165) is 0 Å². The SMILES string of the molecule is NOC=O.[Mn]. The summed E-state index contributed by atoms with van der Waals surface area (Å²) in [6.45, 7) is 0.153. The van der Waals surface area contributed by atoms with E-state index in [4.69, 9.17) is 4.79 Å². The Kier molecular flexibility index (Phi) is 16.0. The van der Waals surface area contributed by atoms with Crippen LogP contribution < -0.4 is 5.90 Å². The summed E-state index contributed by atoms with van der Waals surface area (Å²) in [5.74, 6) is 4.16. The molecule has 5 heavy (non-hydrogen) atoms. The first-order chi connectivity index (χ1) is 1.91. The molecule has 0 aromatic heterocycles. The third-order valence-corrected chi connectivity index (χ3v) is 0.0556. The standard InChI is InChI=1S/CH3NO2.Mn/c2-4-1-3;/h1H,2H2;. The van der Waals surface area contributed by atoms with Crippen molar-refractivity contribution in [2.45, 2.75) is 0 Å². The van der Waals surface area contributed by atoms with E-state index in [0.29, 0.717) is 0 Å². The van der Waals surface area contributed by atoms with Crippen LogP contribution >= 0.6 is 0 Å². The average Bonchev–Trinajstić information content (AvgIpc) is 1.37. The van der Waals surface area contributed by atoms with Crippen LogP contribution in [0.2, 0.25) is 0 Å². The largest absolute Gasteiger partial charge is 0.376 e. The van der Waals surface area contributed by atoms with Crippen LogP contribution in [-0.2, 0) is 26.7 Å². The Morgan fingerprint density at radius 3 is 2.00 bits per heavy atom. The predicted molar refractivity (Wildman–Crippen MR) is 11.3 cm³/mol. The molecule has 4 heteroatoms. The quantitative estimate of drug-likeness (QED) is 0.272. The molecule has 0 aliphatic carbocycles. The fraction of sp³-hybridized carbons (Fsp3) is 0. The molecule has 0 spiro atoms. The van der Waals surface area contributed by atoms with Crippen molar-refractivity contribution in [3.05, 3.63) is 0 Å². The van der Waals surface area contributed by atoms with Gasteiger partial charge in [0.2, 0.25) is 0 Å². The fourth-order valence-electron chi connectivity index (χ4n) is 0. The first kappa shape index (κ1) is 8.87. The number of nitrogens with two attached hydrogens (primary N) is 1. The van der Waals surface area contributed by atoms with Crippen LogP contribution in [0.4, 0.5) is 0 Å². The van der Waals surface area contributed by atoms with E-state index in [1.165, 1.54) is 0 Å². The minimum absolute atomic E-state index is 0. The Balaban J connectivity index is 0. The van der Waals surface area contributed by atoms with Crippen LogP contribution in [0.25, 0.3) is 0 Å². The Morgan fingerprint density at radius 1 is 1.80 bits per heavy atom. The third kappa shape index (κ3) is 16.6. The van der Waals surface area contributed by atoms with E-state index in [1.807, 2.05) is 0 Å². The molecule has 0 aliphatic rings. The molecular weight excluding hydrogens is 113 g/mol. The molecule has 0 saturated heterocycles. The maximum atomic E-state index is 8.83. The monoisotopic (exact) mass is 116 g/mol. The predicted octanol–water partition coefficient (Wildman–Crippen LogP) is -0.969. The van der Waals surface area contributed by atoms with E-state index in [9.17, 15) is 0 Å². The normalized spacial score (nSPS) is 4.20. The fourth-order valence-corrected chi connectivity index (χ4v) is 0. The molecule has 0 unspecified atom stereocenters. The summed E-state index contributed by atoms with van der Waals surface area (Å²) >= 11 is 0. The third-order valence-electron chi connectivity index (χ3n) is 0.0556. The molecule has 31 valence electrons. The second-order valence-electron chi connectivity index (χ2n) is 0.232. The van der Waals surface area contributed by atoms with Crippen molar-refractivity contribution in [2.24, 2.45) is 5.90 Å². The van der Waals surface area contributed by atoms with Gasteiger partial charge in [-0.2, -0.15) is 5.90 Å². The van der Waals surface area contributed by atoms with Gasteiger partial charge in [0.1, 0.15) is 0 Å². The molecule has 2 N–H and O–H groups in total. The Hall–Kier alpha value is -0.0505. The van der Waals surface area contributed by atoms with Crippen LogP contribution in [0.5, 0.6) is 0 Å². The van der Waals surface area contributed by atoms with Crippen LogP contribution in [0.15, 0.2) is 0 Å². The van der Waals surface area contributed by atoms with E-state index < -0.39 is 0 Å². The van der Waals surface area contributed by atoms with Gasteiger partial charge in [-0.3, -0.25) is 4.79 Å². The summed E-state index contributed by atoms with van der Waals surface area (Å²) in [6, 6.07) is 0. The zero-order chi connectivity index (χ0) is 3.41. The molecule has 0 bridgehead atoms. The van der Waals surface area contributed by atoms with Gasteiger partial charge in [0, 0.05) is 17.1 Å². The number of hydrogen-bond acceptors (Lipinski definition) is 3. The summed E-state index contributed by atoms with van der Waals surface area (Å²) in [5, 5.41) is 0. The van der Waals surface area contributed by atoms with Gasteiger partial charge in [0.15, 0.2) is 0 Å². The minimum atomic E-state index is 0. The molecule has 0 aromatic carbocycles. The summed E-state index contributed by atoms with van der Waals surface area (Å²) in [4.78, 5) is 12.2. The molecule has 0 fully saturated rings. The van der Waals surface area contributed by atoms with Crippen molar-refractivity contribution in [1.29, 1.82) is 0 Å². The van der Waals surface area contributed by atoms with Crippen molar-refractivity contribution in [1.82, 2.24) is 0 Å². The summed E-state index contributed by atoms with van der Waals surface area (Å²) in [5.41, 5.74) is 0. The summed E-state index contributed by atoms with van der Waals surface area (Å²) < 4.78 is 0. The molecule has 0 rings (SSSR count). The second kappa shape index (κ2) is 9.04. The maximum absolute atomic E-state index is 8.83. The Bertz CT molecular complexity index is 23.6. The van der Waals surface area contributed by atoms with Crippen LogP contribution in [0, 0.1) is 0 Å². The van der Waals surface area contributed by atoms with Crippen molar-refractivity contribution < 1.29 is 26.7 Å². The Morgan fingerprint density at radius 2 is 2.00 bits per heavy atom. The Labute approximate surface area is 39.9 Å². The summed E-state index contributed by atoms with van der Waals surface area (Å²) in [7, 11) is 0. The summed E-state index contributed by atoms with van der Waals surface area (Å²) in [6.07, 6.45) is 0. The van der Waals surface area contributed by atoms with Crippen molar-refractivity contribution in [3.63, 3.8) is 0 Å². The van der Waals surface area contributed by atoms with E-state index >= 15 is 0 Å². The van der Waals surface area contributed by atoms with Gasteiger partial charge in [-0.25, -0.2) is 0 Å². The topological polar surface area (TPSA) is 52.3 Å². The van der Waals surface area contributed by atoms with Crippen molar-refractivity contribution in [2.75, 3.05) is 0 Å². The van der Waals surface area contributed by atoms with E-state index in [-0.39, 0.29) is 23.5 Å². The van der Waals surface area contributed by atoms with Crippen molar-refractivity contribution in [3.8, 4) is 0 Å². The van der Waals surface area contributed by atoms with Crippen LogP contribution in [0.3, 0.4) is 0 Å². The van der Waals surface area contributed by atoms with E-state index in [2.05, 4.69) is 10.7 Å². The molecule has 0 atom stereocenters. The zero-order valence-corrected chi connectivity index (χ0v) is 3.53. The average molecular weight is 116 g/mol. The van der Waals surface area contributed by atoms with Gasteiger partial charge in [-0.15, -0.1) is 0 Å². The molecule has 1 radical (unpaired) electrons. The zero-order valence-electron chi connectivity index (χ0n) is 2.35. The number of carbonyl (C=O) groups excluding carboxylic acids is 1. The van der Waals surface area contributed by atoms with E-state index in [1.54, 1.807) is 0 Å². The number of rotatable bonds is 1. The first-order valence-corrected chi connectivity index (χ1v) is 0.707. The second-order valence-corrected chi connectivity index (χ2v) is 0.232. The minimum Gasteiger partial charge on any atom is -0.376 e. The molecular formula is CH3MnNO2. The van der Waals surface area contributed by atoms with Gasteiger partial charge >= 0.3 is 6.47 Å². The van der Waals surface area contributed by atoms with Crippen molar-refractivity contribution >= 4 is 6.47 Å². The van der Waals surface area contributed by atoms with Crippen LogP contribution in [0.1, 0.15) is 0 Å². The number of hydrogen-bond donors (Lipinski definition) is 1. The first-order valence-electron chi connectivity index (χ1n) is 0.707. The maximum Gasteiger partial charge on any atom is 0.312 e. The van der Waals surface area contributed by atoms with Crippen LogP contribution in [-0.4, -0.2) is 6.47 Å². The van der Waals surface area contributed by atoms with Gasteiger partial charge in [0.25, 0.3) is 0 Å². The molecule has 0 aromatic rings. The van der Waals surface area contributed by atoms with Gasteiger partial charge < -0.3 is 4.84 Å².